The van der Waals surface area contributed by atoms with Gasteiger partial charge in [-0.2, -0.15) is 5.10 Å². The number of nitrogens with zero attached hydrogens (tertiary/aromatic N) is 2. The second kappa shape index (κ2) is 6.76. The van der Waals surface area contributed by atoms with Crippen LogP contribution in [0.25, 0.3) is 0 Å². The predicted octanol–water partition coefficient (Wildman–Crippen LogP) is 3.13. The molecule has 114 valence electrons. The van der Waals surface area contributed by atoms with Crippen LogP contribution in [0.4, 0.5) is 0 Å². The summed E-state index contributed by atoms with van der Waals surface area (Å²) in [4.78, 5) is 0. The van der Waals surface area contributed by atoms with Gasteiger partial charge in [0.15, 0.2) is 5.75 Å². The van der Waals surface area contributed by atoms with Crippen LogP contribution in [0.1, 0.15) is 41.8 Å². The van der Waals surface area contributed by atoms with Crippen LogP contribution < -0.4 is 10.1 Å². The molecule has 0 saturated carbocycles. The number of hydrogen-bond acceptors (Lipinski definition) is 3. The molecule has 0 fully saturated rings. The van der Waals surface area contributed by atoms with E-state index < -0.39 is 0 Å². The summed E-state index contributed by atoms with van der Waals surface area (Å²) in [5.74, 6) is 0.824. The molecule has 0 radical (unpaired) electrons. The molecule has 4 nitrogen and oxygen atoms in total. The highest BCUT2D eigenvalue weighted by molar-refractivity contribution is 5.39. The number of methoxy groups -OCH3 is 1. The average Bonchev–Trinajstić information content (AvgIpc) is 2.80. The van der Waals surface area contributed by atoms with Crippen molar-refractivity contribution in [2.75, 3.05) is 13.7 Å². The fraction of sp³-hybridized carbons (Fsp3) is 0.471. The lowest BCUT2D eigenvalue weighted by Crippen LogP contribution is -2.26. The number of rotatable bonds is 6. The van der Waals surface area contributed by atoms with E-state index in [1.54, 1.807) is 13.3 Å². The summed E-state index contributed by atoms with van der Waals surface area (Å²) < 4.78 is 7.38. The minimum atomic E-state index is 0.0889. The Labute approximate surface area is 127 Å². The number of benzene rings is 1. The summed E-state index contributed by atoms with van der Waals surface area (Å²) in [7, 11) is 3.65. The zero-order valence-electron chi connectivity index (χ0n) is 13.6. The highest BCUT2D eigenvalue weighted by atomic mass is 16.5. The first kappa shape index (κ1) is 15.6. The molecule has 2 rings (SSSR count). The van der Waals surface area contributed by atoms with Crippen molar-refractivity contribution in [2.45, 2.75) is 33.2 Å². The van der Waals surface area contributed by atoms with Gasteiger partial charge < -0.3 is 10.1 Å². The smallest absolute Gasteiger partial charge is 0.161 e. The zero-order valence-corrected chi connectivity index (χ0v) is 13.6. The first-order valence-electron chi connectivity index (χ1n) is 7.44. The summed E-state index contributed by atoms with van der Waals surface area (Å²) in [5.41, 5.74) is 4.86. The molecule has 1 heterocycles. The Kier molecular flexibility index (Phi) is 5.02. The Hall–Kier alpha value is -1.81. The van der Waals surface area contributed by atoms with Gasteiger partial charge in [0.1, 0.15) is 5.69 Å². The Bertz CT molecular complexity index is 584. The van der Waals surface area contributed by atoms with Crippen molar-refractivity contribution in [1.82, 2.24) is 15.1 Å². The average molecular weight is 287 g/mol. The van der Waals surface area contributed by atoms with Crippen LogP contribution in [-0.2, 0) is 7.05 Å². The Morgan fingerprint density at radius 3 is 2.48 bits per heavy atom. The van der Waals surface area contributed by atoms with Crippen LogP contribution in [0.3, 0.4) is 0 Å². The molecule has 1 aromatic heterocycles. The topological polar surface area (TPSA) is 39.1 Å². The lowest BCUT2D eigenvalue weighted by molar-refractivity contribution is 0.400. The second-order valence-corrected chi connectivity index (χ2v) is 5.53. The highest BCUT2D eigenvalue weighted by Crippen LogP contribution is 2.30. The van der Waals surface area contributed by atoms with E-state index in [1.165, 1.54) is 16.7 Å². The normalized spacial score (nSPS) is 12.4. The molecule has 0 aliphatic rings. The largest absolute Gasteiger partial charge is 0.493 e. The summed E-state index contributed by atoms with van der Waals surface area (Å²) in [5, 5.41) is 7.96. The van der Waals surface area contributed by atoms with Gasteiger partial charge in [0.2, 0.25) is 0 Å². The van der Waals surface area contributed by atoms with Gasteiger partial charge in [0.25, 0.3) is 0 Å². The van der Waals surface area contributed by atoms with Crippen LogP contribution in [0.5, 0.6) is 5.75 Å². The summed E-state index contributed by atoms with van der Waals surface area (Å²) in [6, 6.07) is 6.74. The molecule has 21 heavy (non-hydrogen) atoms. The standard InChI is InChI=1S/C17H25N3O/c1-6-7-18-16(14-9-12(2)8-13(3)10-14)17-15(21-5)11-19-20(17)4/h8-11,16,18H,6-7H2,1-5H3. The molecule has 4 heteroatoms. The third kappa shape index (κ3) is 3.45. The fourth-order valence-corrected chi connectivity index (χ4v) is 2.75. The van der Waals surface area contributed by atoms with E-state index in [0.29, 0.717) is 0 Å². The molecule has 0 aliphatic heterocycles. The van der Waals surface area contributed by atoms with Gasteiger partial charge in [0, 0.05) is 7.05 Å². The van der Waals surface area contributed by atoms with Crippen molar-refractivity contribution in [3.63, 3.8) is 0 Å². The summed E-state index contributed by atoms with van der Waals surface area (Å²) >= 11 is 0. The van der Waals surface area contributed by atoms with Crippen molar-refractivity contribution in [1.29, 1.82) is 0 Å². The minimum absolute atomic E-state index is 0.0889. The third-order valence-electron chi connectivity index (χ3n) is 3.62. The van der Waals surface area contributed by atoms with Crippen LogP contribution in [-0.4, -0.2) is 23.4 Å². The van der Waals surface area contributed by atoms with Crippen LogP contribution >= 0.6 is 0 Å². The summed E-state index contributed by atoms with van der Waals surface area (Å²) in [6.45, 7) is 7.39. The zero-order chi connectivity index (χ0) is 15.4. The van der Waals surface area contributed by atoms with E-state index in [2.05, 4.69) is 49.4 Å². The molecule has 0 spiro atoms. The van der Waals surface area contributed by atoms with E-state index in [4.69, 9.17) is 4.74 Å². The van der Waals surface area contributed by atoms with Gasteiger partial charge in [-0.05, 0) is 32.4 Å². The van der Waals surface area contributed by atoms with Crippen molar-refractivity contribution in [3.05, 3.63) is 46.8 Å². The Morgan fingerprint density at radius 2 is 1.90 bits per heavy atom. The Balaban J connectivity index is 2.49. The van der Waals surface area contributed by atoms with Gasteiger partial charge >= 0.3 is 0 Å². The van der Waals surface area contributed by atoms with Crippen LogP contribution in [0, 0.1) is 13.8 Å². The maximum absolute atomic E-state index is 5.49. The van der Waals surface area contributed by atoms with Crippen LogP contribution in [0.15, 0.2) is 24.4 Å². The van der Waals surface area contributed by atoms with E-state index in [9.17, 15) is 0 Å². The number of aryl methyl sites for hydroxylation is 3. The SMILES string of the molecule is CCCNC(c1cc(C)cc(C)c1)c1c(OC)cnn1C. The molecule has 0 saturated heterocycles. The van der Waals surface area contributed by atoms with Crippen molar-refractivity contribution in [3.8, 4) is 5.75 Å². The molecule has 0 bridgehead atoms. The maximum atomic E-state index is 5.49. The number of aromatic nitrogens is 2. The van der Waals surface area contributed by atoms with E-state index in [1.807, 2.05) is 11.7 Å². The van der Waals surface area contributed by atoms with Crippen LogP contribution in [0.2, 0.25) is 0 Å². The van der Waals surface area contributed by atoms with Gasteiger partial charge in [-0.3, -0.25) is 4.68 Å². The van der Waals surface area contributed by atoms with Crippen molar-refractivity contribution in [2.24, 2.45) is 7.05 Å². The number of nitrogens with one attached hydrogen (secondary N) is 1. The van der Waals surface area contributed by atoms with E-state index in [0.717, 1.165) is 24.4 Å². The molecule has 1 aromatic carbocycles. The first-order valence-corrected chi connectivity index (χ1v) is 7.44. The molecular weight excluding hydrogens is 262 g/mol. The second-order valence-electron chi connectivity index (χ2n) is 5.53. The number of hydrogen-bond donors (Lipinski definition) is 1. The number of ether oxygens (including phenoxy) is 1. The molecule has 2 aromatic rings. The third-order valence-corrected chi connectivity index (χ3v) is 3.62. The van der Waals surface area contributed by atoms with Gasteiger partial charge in [0.05, 0.1) is 19.3 Å². The van der Waals surface area contributed by atoms with Gasteiger partial charge in [-0.1, -0.05) is 36.2 Å². The lowest BCUT2D eigenvalue weighted by atomic mass is 9.98. The predicted molar refractivity (Wildman–Crippen MR) is 85.8 cm³/mol. The molecule has 0 aliphatic carbocycles. The molecule has 1 N–H and O–H groups in total. The molecule has 1 unspecified atom stereocenters. The van der Waals surface area contributed by atoms with Crippen molar-refractivity contribution >= 4 is 0 Å². The lowest BCUT2D eigenvalue weighted by Gasteiger charge is -2.21. The van der Waals surface area contributed by atoms with E-state index >= 15 is 0 Å². The van der Waals surface area contributed by atoms with E-state index in [-0.39, 0.29) is 6.04 Å². The fourth-order valence-electron chi connectivity index (χ4n) is 2.75. The Morgan fingerprint density at radius 1 is 1.24 bits per heavy atom. The van der Waals surface area contributed by atoms with Crippen molar-refractivity contribution < 1.29 is 4.74 Å². The molecule has 0 amide bonds. The quantitative estimate of drug-likeness (QED) is 0.887. The molecule has 1 atom stereocenters. The molecular formula is C17H25N3O. The highest BCUT2D eigenvalue weighted by Gasteiger charge is 2.22. The monoisotopic (exact) mass is 287 g/mol. The maximum Gasteiger partial charge on any atom is 0.161 e. The van der Waals surface area contributed by atoms with Gasteiger partial charge in [-0.15, -0.1) is 0 Å². The van der Waals surface area contributed by atoms with Gasteiger partial charge in [-0.25, -0.2) is 0 Å². The minimum Gasteiger partial charge on any atom is -0.493 e. The summed E-state index contributed by atoms with van der Waals surface area (Å²) in [6.07, 6.45) is 2.86. The first-order chi connectivity index (χ1) is 10.1.